The minimum absolute atomic E-state index is 0.226. The molecule has 0 fully saturated rings. The van der Waals surface area contributed by atoms with Gasteiger partial charge < -0.3 is 15.4 Å². The van der Waals surface area contributed by atoms with Gasteiger partial charge in [0.2, 0.25) is 0 Å². The summed E-state index contributed by atoms with van der Waals surface area (Å²) in [5.41, 5.74) is 2.79. The number of aromatic nitrogens is 2. The molecule has 132 valence electrons. The molecule has 0 aliphatic heterocycles. The quantitative estimate of drug-likeness (QED) is 0.696. The topological polar surface area (TPSA) is 76.1 Å². The van der Waals surface area contributed by atoms with Crippen LogP contribution in [-0.2, 0) is 0 Å². The van der Waals surface area contributed by atoms with Crippen molar-refractivity contribution >= 4 is 34.7 Å². The summed E-state index contributed by atoms with van der Waals surface area (Å²) in [6.45, 7) is 1.98. The third kappa shape index (κ3) is 4.29. The first-order chi connectivity index (χ1) is 12.5. The normalized spacial score (nSPS) is 10.3. The number of carbonyl (C=O) groups is 1. The number of hydrogen-bond donors (Lipinski definition) is 2. The first-order valence-corrected chi connectivity index (χ1v) is 8.25. The highest BCUT2D eigenvalue weighted by atomic mass is 35.5. The number of nitrogens with one attached hydrogen (secondary N) is 2. The van der Waals surface area contributed by atoms with Gasteiger partial charge in [0.15, 0.2) is 11.5 Å². The number of benzene rings is 2. The lowest BCUT2D eigenvalue weighted by molar-refractivity contribution is 0.102. The van der Waals surface area contributed by atoms with E-state index in [9.17, 15) is 4.79 Å². The van der Waals surface area contributed by atoms with Crippen LogP contribution in [-0.4, -0.2) is 23.2 Å². The van der Waals surface area contributed by atoms with Crippen LogP contribution in [0.15, 0.2) is 54.6 Å². The zero-order chi connectivity index (χ0) is 18.5. The lowest BCUT2D eigenvalue weighted by atomic mass is 10.2. The van der Waals surface area contributed by atoms with E-state index in [0.29, 0.717) is 22.3 Å². The molecule has 2 N–H and O–H groups in total. The van der Waals surface area contributed by atoms with Gasteiger partial charge in [-0.15, -0.1) is 10.2 Å². The predicted octanol–water partition coefficient (Wildman–Crippen LogP) is 4.44. The molecule has 0 spiro atoms. The molecule has 1 heterocycles. The molecule has 0 aliphatic rings. The summed E-state index contributed by atoms with van der Waals surface area (Å²) >= 11 is 6.10. The maximum atomic E-state index is 12.2. The smallest absolute Gasteiger partial charge is 0.276 e. The Morgan fingerprint density at radius 1 is 1.00 bits per heavy atom. The van der Waals surface area contributed by atoms with Crippen molar-refractivity contribution in [3.63, 3.8) is 0 Å². The molecule has 6 nitrogen and oxygen atoms in total. The summed E-state index contributed by atoms with van der Waals surface area (Å²) in [7, 11) is 1.56. The minimum Gasteiger partial charge on any atom is -0.495 e. The van der Waals surface area contributed by atoms with Crippen LogP contribution < -0.4 is 15.4 Å². The SMILES string of the molecule is COc1ccc(Nc2ccc(C(=O)Nc3ccc(C)cc3)nn2)cc1Cl. The maximum absolute atomic E-state index is 12.2. The van der Waals surface area contributed by atoms with Crippen LogP contribution >= 0.6 is 11.6 Å². The van der Waals surface area contributed by atoms with Gasteiger partial charge in [-0.25, -0.2) is 0 Å². The van der Waals surface area contributed by atoms with Gasteiger partial charge in [0.25, 0.3) is 5.91 Å². The Morgan fingerprint density at radius 3 is 2.35 bits per heavy atom. The lowest BCUT2D eigenvalue weighted by Crippen LogP contribution is -2.14. The van der Waals surface area contributed by atoms with Crippen molar-refractivity contribution in [2.24, 2.45) is 0 Å². The zero-order valence-corrected chi connectivity index (χ0v) is 15.0. The van der Waals surface area contributed by atoms with Crippen molar-refractivity contribution in [1.82, 2.24) is 10.2 Å². The first-order valence-electron chi connectivity index (χ1n) is 7.87. The van der Waals surface area contributed by atoms with Crippen LogP contribution in [0.2, 0.25) is 5.02 Å². The molecule has 0 atom stereocenters. The molecule has 2 aromatic carbocycles. The zero-order valence-electron chi connectivity index (χ0n) is 14.3. The fourth-order valence-electron chi connectivity index (χ4n) is 2.24. The van der Waals surface area contributed by atoms with Gasteiger partial charge in [-0.1, -0.05) is 29.3 Å². The Labute approximate surface area is 156 Å². The summed E-state index contributed by atoms with van der Waals surface area (Å²) in [6.07, 6.45) is 0. The Hall–Kier alpha value is -3.12. The minimum atomic E-state index is -0.319. The highest BCUT2D eigenvalue weighted by molar-refractivity contribution is 6.32. The molecule has 26 heavy (non-hydrogen) atoms. The molecule has 0 saturated heterocycles. The molecular formula is C19H17ClN4O2. The van der Waals surface area contributed by atoms with E-state index >= 15 is 0 Å². The van der Waals surface area contributed by atoms with Gasteiger partial charge in [0.05, 0.1) is 12.1 Å². The lowest BCUT2D eigenvalue weighted by Gasteiger charge is -2.08. The van der Waals surface area contributed by atoms with Crippen LogP contribution in [0, 0.1) is 6.92 Å². The molecular weight excluding hydrogens is 352 g/mol. The van der Waals surface area contributed by atoms with Crippen molar-refractivity contribution < 1.29 is 9.53 Å². The summed E-state index contributed by atoms with van der Waals surface area (Å²) in [5.74, 6) is 0.768. The van der Waals surface area contributed by atoms with Crippen molar-refractivity contribution in [2.75, 3.05) is 17.7 Å². The molecule has 0 radical (unpaired) electrons. The average molecular weight is 369 g/mol. The largest absolute Gasteiger partial charge is 0.495 e. The third-order valence-electron chi connectivity index (χ3n) is 3.63. The second kappa shape index (κ2) is 7.84. The summed E-state index contributed by atoms with van der Waals surface area (Å²) < 4.78 is 5.12. The molecule has 0 bridgehead atoms. The number of carbonyl (C=O) groups excluding carboxylic acids is 1. The van der Waals surface area contributed by atoms with Crippen molar-refractivity contribution in [3.8, 4) is 5.75 Å². The Bertz CT molecular complexity index is 912. The number of nitrogens with zero attached hydrogens (tertiary/aromatic N) is 2. The van der Waals surface area contributed by atoms with Gasteiger partial charge >= 0.3 is 0 Å². The third-order valence-corrected chi connectivity index (χ3v) is 3.93. The number of halogens is 1. The molecule has 7 heteroatoms. The monoisotopic (exact) mass is 368 g/mol. The molecule has 0 saturated carbocycles. The number of aryl methyl sites for hydroxylation is 1. The van der Waals surface area contributed by atoms with Gasteiger partial charge in [0, 0.05) is 11.4 Å². The van der Waals surface area contributed by atoms with E-state index in [2.05, 4.69) is 20.8 Å². The molecule has 3 aromatic rings. The molecule has 0 aliphatic carbocycles. The van der Waals surface area contributed by atoms with E-state index in [4.69, 9.17) is 16.3 Å². The van der Waals surface area contributed by atoms with E-state index in [1.165, 1.54) is 0 Å². The van der Waals surface area contributed by atoms with E-state index in [1.807, 2.05) is 37.3 Å². The molecule has 1 amide bonds. The maximum Gasteiger partial charge on any atom is 0.276 e. The fourth-order valence-corrected chi connectivity index (χ4v) is 2.50. The summed E-state index contributed by atoms with van der Waals surface area (Å²) in [6, 6.07) is 16.1. The Kier molecular flexibility index (Phi) is 5.34. The molecule has 0 unspecified atom stereocenters. The van der Waals surface area contributed by atoms with Gasteiger partial charge in [-0.2, -0.15) is 0 Å². The van der Waals surface area contributed by atoms with Gasteiger partial charge in [0.1, 0.15) is 5.75 Å². The molecule has 1 aromatic heterocycles. The highest BCUT2D eigenvalue weighted by Crippen LogP contribution is 2.28. The Morgan fingerprint density at radius 2 is 1.73 bits per heavy atom. The Balaban J connectivity index is 1.67. The van der Waals surface area contributed by atoms with Crippen LogP contribution in [0.1, 0.15) is 16.1 Å². The van der Waals surface area contributed by atoms with E-state index in [1.54, 1.807) is 31.4 Å². The number of amides is 1. The van der Waals surface area contributed by atoms with Crippen molar-refractivity contribution in [1.29, 1.82) is 0 Å². The van der Waals surface area contributed by atoms with Crippen molar-refractivity contribution in [2.45, 2.75) is 6.92 Å². The predicted molar refractivity (Wildman–Crippen MR) is 102 cm³/mol. The number of rotatable bonds is 5. The number of methoxy groups -OCH3 is 1. The van der Waals surface area contributed by atoms with E-state index in [0.717, 1.165) is 11.3 Å². The fraction of sp³-hybridized carbons (Fsp3) is 0.105. The standard InChI is InChI=1S/C19H17ClN4O2/c1-12-3-5-13(6-4-12)22-19(25)16-8-10-18(24-23-16)21-14-7-9-17(26-2)15(20)11-14/h3-11H,1-2H3,(H,21,24)(H,22,25). The van der Waals surface area contributed by atoms with Gasteiger partial charge in [-0.3, -0.25) is 4.79 Å². The number of hydrogen-bond acceptors (Lipinski definition) is 5. The first kappa shape index (κ1) is 17.7. The van der Waals surface area contributed by atoms with Crippen molar-refractivity contribution in [3.05, 3.63) is 70.9 Å². The van der Waals surface area contributed by atoms with E-state index < -0.39 is 0 Å². The molecule has 3 rings (SSSR count). The van der Waals surface area contributed by atoms with Crippen LogP contribution in [0.25, 0.3) is 0 Å². The average Bonchev–Trinajstić information content (AvgIpc) is 2.64. The van der Waals surface area contributed by atoms with Crippen LogP contribution in [0.5, 0.6) is 5.75 Å². The van der Waals surface area contributed by atoms with Crippen LogP contribution in [0.4, 0.5) is 17.2 Å². The second-order valence-corrected chi connectivity index (χ2v) is 6.01. The van der Waals surface area contributed by atoms with Gasteiger partial charge in [-0.05, 0) is 49.4 Å². The highest BCUT2D eigenvalue weighted by Gasteiger charge is 2.09. The summed E-state index contributed by atoms with van der Waals surface area (Å²) in [5, 5.41) is 14.3. The second-order valence-electron chi connectivity index (χ2n) is 5.60. The van der Waals surface area contributed by atoms with Crippen LogP contribution in [0.3, 0.4) is 0 Å². The number of ether oxygens (including phenoxy) is 1. The summed E-state index contributed by atoms with van der Waals surface area (Å²) in [4.78, 5) is 12.2. The van der Waals surface area contributed by atoms with E-state index in [-0.39, 0.29) is 11.6 Å². The number of anilines is 3.